The number of hydrogen-bond donors (Lipinski definition) is 1. The van der Waals surface area contributed by atoms with Gasteiger partial charge in [-0.1, -0.05) is 30.6 Å². The molecular weight excluding hydrogens is 264 g/mol. The minimum absolute atomic E-state index is 0.190. The number of rotatable bonds is 4. The van der Waals surface area contributed by atoms with Crippen LogP contribution in [0.4, 0.5) is 0 Å². The van der Waals surface area contributed by atoms with Crippen molar-refractivity contribution in [3.63, 3.8) is 0 Å². The van der Waals surface area contributed by atoms with Crippen LogP contribution in [0.25, 0.3) is 11.5 Å². The Labute approximate surface area is 125 Å². The van der Waals surface area contributed by atoms with Crippen molar-refractivity contribution in [3.8, 4) is 11.5 Å². The Kier molecular flexibility index (Phi) is 4.31. The molecule has 1 aliphatic rings. The van der Waals surface area contributed by atoms with Crippen LogP contribution in [0.5, 0.6) is 0 Å². The number of nitrogens with one attached hydrogen (secondary N) is 1. The molecule has 0 radical (unpaired) electrons. The Morgan fingerprint density at radius 1 is 1.33 bits per heavy atom. The van der Waals surface area contributed by atoms with Crippen LogP contribution in [0.2, 0.25) is 0 Å². The number of benzene rings is 1. The summed E-state index contributed by atoms with van der Waals surface area (Å²) in [5.41, 5.74) is 2.33. The summed E-state index contributed by atoms with van der Waals surface area (Å²) in [7, 11) is 2.10. The first kappa shape index (κ1) is 14.2. The van der Waals surface area contributed by atoms with E-state index in [-0.39, 0.29) is 6.04 Å². The summed E-state index contributed by atoms with van der Waals surface area (Å²) in [5.74, 6) is 1.37. The maximum Gasteiger partial charge on any atom is 0.257 e. The topological polar surface area (TPSA) is 54.2 Å². The van der Waals surface area contributed by atoms with Gasteiger partial charge in [0.15, 0.2) is 5.82 Å². The summed E-state index contributed by atoms with van der Waals surface area (Å²) in [4.78, 5) is 6.83. The summed E-state index contributed by atoms with van der Waals surface area (Å²) < 4.78 is 5.44. The average Bonchev–Trinajstić information content (AvgIpc) is 2.98. The molecule has 2 heterocycles. The van der Waals surface area contributed by atoms with Gasteiger partial charge < -0.3 is 9.84 Å². The first-order valence-electron chi connectivity index (χ1n) is 7.62. The highest BCUT2D eigenvalue weighted by Crippen LogP contribution is 2.23. The molecule has 2 aromatic rings. The lowest BCUT2D eigenvalue weighted by atomic mass is 10.1. The van der Waals surface area contributed by atoms with Crippen LogP contribution in [-0.4, -0.2) is 41.7 Å². The molecule has 1 unspecified atom stereocenters. The second kappa shape index (κ2) is 6.37. The van der Waals surface area contributed by atoms with Crippen molar-refractivity contribution in [1.82, 2.24) is 20.4 Å². The van der Waals surface area contributed by atoms with Crippen molar-refractivity contribution in [2.45, 2.75) is 25.8 Å². The lowest BCUT2D eigenvalue weighted by Gasteiger charge is -2.30. The van der Waals surface area contributed by atoms with E-state index in [1.165, 1.54) is 5.56 Å². The molecular formula is C16H22N4O. The van der Waals surface area contributed by atoms with E-state index in [9.17, 15) is 0 Å². The van der Waals surface area contributed by atoms with E-state index in [1.54, 1.807) is 0 Å². The average molecular weight is 286 g/mol. The van der Waals surface area contributed by atoms with Gasteiger partial charge in [-0.05, 0) is 31.2 Å². The molecule has 5 heteroatoms. The fraction of sp³-hybridized carbons (Fsp3) is 0.500. The van der Waals surface area contributed by atoms with Gasteiger partial charge in [0.2, 0.25) is 0 Å². The third-order valence-electron chi connectivity index (χ3n) is 3.99. The van der Waals surface area contributed by atoms with Gasteiger partial charge in [0.25, 0.3) is 5.89 Å². The quantitative estimate of drug-likeness (QED) is 0.934. The third-order valence-corrected chi connectivity index (χ3v) is 3.99. The maximum atomic E-state index is 5.44. The first-order chi connectivity index (χ1) is 10.3. The van der Waals surface area contributed by atoms with Gasteiger partial charge in [0, 0.05) is 25.2 Å². The Morgan fingerprint density at radius 2 is 2.14 bits per heavy atom. The largest absolute Gasteiger partial charge is 0.334 e. The van der Waals surface area contributed by atoms with Crippen LogP contribution in [0.1, 0.15) is 30.8 Å². The third kappa shape index (κ3) is 3.14. The molecule has 0 spiro atoms. The van der Waals surface area contributed by atoms with E-state index >= 15 is 0 Å². The summed E-state index contributed by atoms with van der Waals surface area (Å²) >= 11 is 0. The van der Waals surface area contributed by atoms with Crippen molar-refractivity contribution in [2.24, 2.45) is 0 Å². The summed E-state index contributed by atoms with van der Waals surface area (Å²) in [6, 6.07) is 8.58. The van der Waals surface area contributed by atoms with Crippen LogP contribution in [0, 0.1) is 0 Å². The predicted molar refractivity (Wildman–Crippen MR) is 82.0 cm³/mol. The Bertz CT molecular complexity index is 578. The minimum Gasteiger partial charge on any atom is -0.334 e. The van der Waals surface area contributed by atoms with E-state index in [2.05, 4.69) is 58.6 Å². The second-order valence-electron chi connectivity index (χ2n) is 5.61. The van der Waals surface area contributed by atoms with Crippen molar-refractivity contribution in [3.05, 3.63) is 35.7 Å². The van der Waals surface area contributed by atoms with E-state index in [4.69, 9.17) is 4.52 Å². The summed E-state index contributed by atoms with van der Waals surface area (Å²) in [6.07, 6.45) is 2.26. The summed E-state index contributed by atoms with van der Waals surface area (Å²) in [5, 5.41) is 7.53. The highest BCUT2D eigenvalue weighted by Gasteiger charge is 2.25. The van der Waals surface area contributed by atoms with E-state index in [1.807, 2.05) is 0 Å². The van der Waals surface area contributed by atoms with Crippen LogP contribution in [0.3, 0.4) is 0 Å². The number of aryl methyl sites for hydroxylation is 1. The fourth-order valence-corrected chi connectivity index (χ4v) is 2.68. The number of nitrogens with zero attached hydrogens (tertiary/aromatic N) is 3. The lowest BCUT2D eigenvalue weighted by Crippen LogP contribution is -2.44. The molecule has 1 saturated heterocycles. The number of piperazine rings is 1. The van der Waals surface area contributed by atoms with Gasteiger partial charge >= 0.3 is 0 Å². The van der Waals surface area contributed by atoms with Crippen LogP contribution in [-0.2, 0) is 6.42 Å². The van der Waals surface area contributed by atoms with Crippen LogP contribution in [0.15, 0.2) is 28.8 Å². The molecule has 0 bridgehead atoms. The maximum absolute atomic E-state index is 5.44. The van der Waals surface area contributed by atoms with Gasteiger partial charge in [-0.15, -0.1) is 0 Å². The molecule has 21 heavy (non-hydrogen) atoms. The molecule has 1 N–H and O–H groups in total. The van der Waals surface area contributed by atoms with Crippen molar-refractivity contribution in [2.75, 3.05) is 26.7 Å². The van der Waals surface area contributed by atoms with Gasteiger partial charge in [-0.25, -0.2) is 0 Å². The Hall–Kier alpha value is -1.72. The molecule has 1 fully saturated rings. The predicted octanol–water partition coefficient (Wildman–Crippen LogP) is 2.27. The highest BCUT2D eigenvalue weighted by molar-refractivity contribution is 5.53. The minimum atomic E-state index is 0.190. The first-order valence-corrected chi connectivity index (χ1v) is 7.62. The van der Waals surface area contributed by atoms with Gasteiger partial charge in [-0.2, -0.15) is 4.98 Å². The Balaban J connectivity index is 1.77. The second-order valence-corrected chi connectivity index (χ2v) is 5.61. The Morgan fingerprint density at radius 3 is 2.86 bits per heavy atom. The molecule has 112 valence electrons. The molecule has 3 rings (SSSR count). The van der Waals surface area contributed by atoms with Crippen molar-refractivity contribution >= 4 is 0 Å². The highest BCUT2D eigenvalue weighted by atomic mass is 16.5. The zero-order valence-electron chi connectivity index (χ0n) is 12.7. The fourth-order valence-electron chi connectivity index (χ4n) is 2.68. The van der Waals surface area contributed by atoms with E-state index in [0.717, 1.165) is 43.9 Å². The molecule has 0 saturated carbocycles. The van der Waals surface area contributed by atoms with Gasteiger partial charge in [0.05, 0.1) is 6.04 Å². The van der Waals surface area contributed by atoms with Gasteiger partial charge in [0.1, 0.15) is 0 Å². The van der Waals surface area contributed by atoms with Crippen molar-refractivity contribution < 1.29 is 4.52 Å². The molecule has 1 aromatic carbocycles. The molecule has 5 nitrogen and oxygen atoms in total. The number of hydrogen-bond acceptors (Lipinski definition) is 5. The van der Waals surface area contributed by atoms with Gasteiger partial charge in [-0.3, -0.25) is 4.90 Å². The van der Waals surface area contributed by atoms with Crippen LogP contribution >= 0.6 is 0 Å². The zero-order valence-corrected chi connectivity index (χ0v) is 12.7. The molecule has 1 aliphatic heterocycles. The molecule has 0 amide bonds. The molecule has 1 aromatic heterocycles. The lowest BCUT2D eigenvalue weighted by molar-refractivity contribution is 0.190. The molecule has 1 atom stereocenters. The van der Waals surface area contributed by atoms with Crippen LogP contribution < -0.4 is 5.32 Å². The van der Waals surface area contributed by atoms with E-state index in [0.29, 0.717) is 5.89 Å². The number of aromatic nitrogens is 2. The van der Waals surface area contributed by atoms with Crippen molar-refractivity contribution in [1.29, 1.82) is 0 Å². The standard InChI is InChI=1S/C16H22N4O/c1-3-4-12-5-7-13(8-6-12)16-18-15(19-21-16)14-11-17-9-10-20(14)2/h5-8,14,17H,3-4,9-11H2,1-2H3. The molecule has 0 aliphatic carbocycles. The normalized spacial score (nSPS) is 19.8. The smallest absolute Gasteiger partial charge is 0.257 e. The number of likely N-dealkylation sites (N-methyl/N-ethyl adjacent to an activating group) is 1. The zero-order chi connectivity index (χ0) is 14.7. The summed E-state index contributed by atoms with van der Waals surface area (Å²) in [6.45, 7) is 5.06. The van der Waals surface area contributed by atoms with E-state index < -0.39 is 0 Å². The SMILES string of the molecule is CCCc1ccc(-c2nc(C3CNCCN3C)no2)cc1. The monoisotopic (exact) mass is 286 g/mol.